The largest absolute Gasteiger partial charge is 0.449 e. The summed E-state index contributed by atoms with van der Waals surface area (Å²) in [5.41, 5.74) is 1.03. The van der Waals surface area contributed by atoms with Crippen LogP contribution >= 0.6 is 30.8 Å². The third-order valence-corrected chi connectivity index (χ3v) is 5.78. The maximum absolute atomic E-state index is 13.3. The lowest BCUT2D eigenvalue weighted by atomic mass is 10.2. The number of nitrogens with one attached hydrogen (secondary N) is 1. The number of allylic oxidation sites excluding steroid dienone is 1. The Bertz CT molecular complexity index is 1030. The van der Waals surface area contributed by atoms with Gasteiger partial charge in [-0.15, -0.1) is 0 Å². The van der Waals surface area contributed by atoms with Gasteiger partial charge < -0.3 is 14.4 Å². The van der Waals surface area contributed by atoms with Crippen LogP contribution in [0.2, 0.25) is 10.0 Å². The number of benzene rings is 2. The molecule has 0 unspecified atom stereocenters. The summed E-state index contributed by atoms with van der Waals surface area (Å²) in [5.74, 6) is 1.94. The van der Waals surface area contributed by atoms with E-state index in [0.717, 1.165) is 11.1 Å². The van der Waals surface area contributed by atoms with Gasteiger partial charge in [0.05, 0.1) is 6.07 Å². The summed E-state index contributed by atoms with van der Waals surface area (Å²) in [6.45, 7) is 4.97. The van der Waals surface area contributed by atoms with E-state index < -0.39 is 19.6 Å². The normalized spacial score (nSPS) is 9.70. The van der Waals surface area contributed by atoms with Crippen molar-refractivity contribution in [1.29, 1.82) is 10.5 Å². The molecule has 2 aromatic carbocycles. The first kappa shape index (κ1) is 25.1. The number of rotatable bonds is 7. The monoisotopic (exact) mass is 465 g/mol. The predicted molar refractivity (Wildman–Crippen MR) is 115 cm³/mol. The third-order valence-electron chi connectivity index (χ3n) is 3.41. The third kappa shape index (κ3) is 7.84. The van der Waals surface area contributed by atoms with Crippen molar-refractivity contribution in [1.82, 2.24) is 5.32 Å². The molecule has 30 heavy (non-hydrogen) atoms. The van der Waals surface area contributed by atoms with Crippen LogP contribution in [-0.4, -0.2) is 12.2 Å². The first-order valence-electron chi connectivity index (χ1n) is 8.38. The van der Waals surface area contributed by atoms with Crippen LogP contribution < -0.4 is 14.4 Å². The molecule has 10 heteroatoms. The number of hydrogen-bond acceptors (Lipinski definition) is 7. The van der Waals surface area contributed by atoms with Crippen molar-refractivity contribution in [3.05, 3.63) is 63.3 Å². The van der Waals surface area contributed by atoms with Crippen LogP contribution in [-0.2, 0) is 9.36 Å². The molecule has 0 fully saturated rings. The Morgan fingerprint density at radius 3 is 1.80 bits per heavy atom. The molecule has 0 radical (unpaired) electrons. The van der Waals surface area contributed by atoms with E-state index in [1.54, 1.807) is 62.4 Å². The standard InChI is InChI=1S/C18H15Cl2N2O4P.C2H3N/c1-12-7-15(3-5-17(12)19)25-27(24,11-22-14(9-21)10-23)26-16-4-6-18(20)13(2)8-16;1-2-3/h3-8,22H,11H2,1-2H3;1H3. The minimum absolute atomic E-state index is 0.265. The van der Waals surface area contributed by atoms with Crippen molar-refractivity contribution in [2.75, 3.05) is 6.29 Å². The second-order valence-corrected chi connectivity index (χ2v) is 8.48. The lowest BCUT2D eigenvalue weighted by Crippen LogP contribution is -2.19. The van der Waals surface area contributed by atoms with Gasteiger partial charge >= 0.3 is 7.60 Å². The highest BCUT2D eigenvalue weighted by Gasteiger charge is 2.29. The number of aryl methyl sites for hydroxylation is 2. The highest BCUT2D eigenvalue weighted by atomic mass is 35.5. The molecule has 0 spiro atoms. The smallest absolute Gasteiger partial charge is 0.415 e. The molecule has 1 N–H and O–H groups in total. The summed E-state index contributed by atoms with van der Waals surface area (Å²) in [6.07, 6.45) is -0.422. The van der Waals surface area contributed by atoms with Gasteiger partial charge in [0.2, 0.25) is 0 Å². The fourth-order valence-corrected chi connectivity index (χ4v) is 3.65. The molecule has 0 saturated heterocycles. The van der Waals surface area contributed by atoms with Crippen LogP contribution in [0.5, 0.6) is 11.5 Å². The lowest BCUT2D eigenvalue weighted by molar-refractivity contribution is 0.383. The maximum atomic E-state index is 13.3. The van der Waals surface area contributed by atoms with Gasteiger partial charge in [-0.05, 0) is 61.4 Å². The lowest BCUT2D eigenvalue weighted by Gasteiger charge is -2.21. The van der Waals surface area contributed by atoms with Crippen molar-refractivity contribution >= 4 is 36.7 Å². The summed E-state index contributed by atoms with van der Waals surface area (Å²) < 4.78 is 24.4. The van der Waals surface area contributed by atoms with Crippen molar-refractivity contribution in [3.8, 4) is 23.6 Å². The molecule has 0 aliphatic heterocycles. The van der Waals surface area contributed by atoms with Gasteiger partial charge in [-0.2, -0.15) is 10.5 Å². The van der Waals surface area contributed by atoms with E-state index in [0.29, 0.717) is 10.0 Å². The number of hydrogen-bond donors (Lipinski definition) is 1. The van der Waals surface area contributed by atoms with E-state index in [-0.39, 0.29) is 11.5 Å². The molecule has 0 atom stereocenters. The zero-order valence-corrected chi connectivity index (χ0v) is 18.8. The van der Waals surface area contributed by atoms with Gasteiger partial charge in [-0.25, -0.2) is 9.36 Å². The van der Waals surface area contributed by atoms with E-state index in [1.807, 2.05) is 0 Å². The van der Waals surface area contributed by atoms with Crippen LogP contribution in [0.3, 0.4) is 0 Å². The summed E-state index contributed by atoms with van der Waals surface area (Å²) in [4.78, 5) is 10.7. The number of nitrogens with zero attached hydrogens (tertiary/aromatic N) is 2. The summed E-state index contributed by atoms with van der Waals surface area (Å²) in [7, 11) is -3.86. The second-order valence-electron chi connectivity index (χ2n) is 5.76. The van der Waals surface area contributed by atoms with Crippen molar-refractivity contribution in [3.63, 3.8) is 0 Å². The Kier molecular flexibility index (Phi) is 9.99. The zero-order chi connectivity index (χ0) is 22.7. The summed E-state index contributed by atoms with van der Waals surface area (Å²) in [5, 5.41) is 19.6. The molecule has 0 aliphatic carbocycles. The van der Waals surface area contributed by atoms with Crippen LogP contribution in [0.15, 0.2) is 42.1 Å². The molecule has 0 bridgehead atoms. The average molecular weight is 466 g/mol. The Morgan fingerprint density at radius 2 is 1.47 bits per heavy atom. The minimum Gasteiger partial charge on any atom is -0.415 e. The van der Waals surface area contributed by atoms with Gasteiger partial charge in [0.1, 0.15) is 23.9 Å². The number of halogens is 2. The highest BCUT2D eigenvalue weighted by molar-refractivity contribution is 7.54. The first-order chi connectivity index (χ1) is 14.2. The van der Waals surface area contributed by atoms with Crippen LogP contribution in [0, 0.1) is 36.5 Å². The van der Waals surface area contributed by atoms with E-state index >= 15 is 0 Å². The van der Waals surface area contributed by atoms with Crippen molar-refractivity contribution < 1.29 is 18.4 Å². The molecule has 0 saturated carbocycles. The molecule has 2 rings (SSSR count). The molecule has 0 aliphatic rings. The number of nitriles is 2. The zero-order valence-electron chi connectivity index (χ0n) is 16.4. The Labute approximate surface area is 185 Å². The van der Waals surface area contributed by atoms with Crippen molar-refractivity contribution in [2.45, 2.75) is 20.8 Å². The molecule has 7 nitrogen and oxygen atoms in total. The SMILES string of the molecule is CC#N.Cc1cc(OP(=O)(CNC(=C=O)C#N)Oc2ccc(Cl)c(C)c2)ccc1Cl. The Balaban J connectivity index is 0.00000141. The quantitative estimate of drug-likeness (QED) is 0.322. The molecule has 156 valence electrons. The van der Waals surface area contributed by atoms with Gasteiger partial charge in [0.25, 0.3) is 0 Å². The maximum Gasteiger partial charge on any atom is 0.449 e. The highest BCUT2D eigenvalue weighted by Crippen LogP contribution is 2.48. The Morgan fingerprint density at radius 1 is 1.03 bits per heavy atom. The van der Waals surface area contributed by atoms with E-state index in [1.165, 1.54) is 12.9 Å². The van der Waals surface area contributed by atoms with Gasteiger partial charge in [-0.1, -0.05) is 23.2 Å². The first-order valence-corrected chi connectivity index (χ1v) is 10.9. The molecule has 0 aromatic heterocycles. The van der Waals surface area contributed by atoms with Crippen LogP contribution in [0.4, 0.5) is 0 Å². The van der Waals surface area contributed by atoms with Gasteiger partial charge in [0, 0.05) is 17.0 Å². The molecule has 0 heterocycles. The van der Waals surface area contributed by atoms with Gasteiger partial charge in [0.15, 0.2) is 11.6 Å². The van der Waals surface area contributed by atoms with Crippen LogP contribution in [0.25, 0.3) is 0 Å². The summed E-state index contributed by atoms with van der Waals surface area (Å²) >= 11 is 12.0. The van der Waals surface area contributed by atoms with Crippen LogP contribution in [0.1, 0.15) is 18.1 Å². The predicted octanol–water partition coefficient (Wildman–Crippen LogP) is 5.58. The molecular weight excluding hydrogens is 448 g/mol. The topological polar surface area (TPSA) is 112 Å². The molecule has 2 aromatic rings. The summed E-state index contributed by atoms with van der Waals surface area (Å²) in [6, 6.07) is 12.8. The minimum atomic E-state index is -3.86. The molecule has 0 amide bonds. The van der Waals surface area contributed by atoms with E-state index in [4.69, 9.17) is 42.8 Å². The average Bonchev–Trinajstić information content (AvgIpc) is 2.69. The fourth-order valence-electron chi connectivity index (χ4n) is 2.03. The second kappa shape index (κ2) is 11.9. The van der Waals surface area contributed by atoms with Gasteiger partial charge in [-0.3, -0.25) is 0 Å². The van der Waals surface area contributed by atoms with Crippen molar-refractivity contribution in [2.24, 2.45) is 0 Å². The van der Waals surface area contributed by atoms with E-state index in [9.17, 15) is 9.36 Å². The molecular formula is C20H18Cl2N3O4P. The Hall–Kier alpha value is -2.92. The fraction of sp³-hybridized carbons (Fsp3) is 0.200. The number of carbonyl (C=O) groups excluding carboxylic acids is 1. The van der Waals surface area contributed by atoms with E-state index in [2.05, 4.69) is 5.32 Å².